The van der Waals surface area contributed by atoms with E-state index in [1.807, 2.05) is 30.3 Å². The number of hydrazine groups is 1. The molecule has 0 aromatic heterocycles. The molecule has 0 radical (unpaired) electrons. The third kappa shape index (κ3) is 3.62. The Morgan fingerprint density at radius 1 is 0.882 bits per heavy atom. The Morgan fingerprint density at radius 3 is 2.00 bits per heavy atom. The minimum atomic E-state index is -1.23. The van der Waals surface area contributed by atoms with E-state index in [2.05, 4.69) is 5.32 Å². The van der Waals surface area contributed by atoms with Gasteiger partial charge in [-0.1, -0.05) is 48.5 Å². The van der Waals surface area contributed by atoms with E-state index in [0.29, 0.717) is 5.56 Å². The van der Waals surface area contributed by atoms with Gasteiger partial charge in [-0.25, -0.2) is 9.80 Å². The van der Waals surface area contributed by atoms with Crippen LogP contribution in [-0.4, -0.2) is 65.6 Å². The van der Waals surface area contributed by atoms with Gasteiger partial charge in [0, 0.05) is 5.56 Å². The van der Waals surface area contributed by atoms with Gasteiger partial charge in [-0.05, 0) is 31.5 Å². The van der Waals surface area contributed by atoms with Gasteiger partial charge >= 0.3 is 11.9 Å². The number of benzene rings is 2. The summed E-state index contributed by atoms with van der Waals surface area (Å²) in [7, 11) is 2.45. The summed E-state index contributed by atoms with van der Waals surface area (Å²) in [6, 6.07) is 14.9. The molecule has 0 spiro atoms. The smallest absolute Gasteiger partial charge is 0.331 e. The number of rotatable bonds is 5. The zero-order chi connectivity index (χ0) is 24.6. The molecule has 2 fully saturated rings. The van der Waals surface area contributed by atoms with Crippen molar-refractivity contribution in [2.75, 3.05) is 14.2 Å². The largest absolute Gasteiger partial charge is 0.469 e. The molecule has 0 bridgehead atoms. The molecule has 2 aliphatic rings. The van der Waals surface area contributed by atoms with E-state index in [0.717, 1.165) is 5.56 Å². The number of carbonyl (C=O) groups excluding carboxylic acids is 4. The maximum atomic E-state index is 13.8. The van der Waals surface area contributed by atoms with Crippen molar-refractivity contribution < 1.29 is 28.7 Å². The van der Waals surface area contributed by atoms with Crippen molar-refractivity contribution in [3.8, 4) is 0 Å². The third-order valence-electron chi connectivity index (χ3n) is 6.60. The predicted molar refractivity (Wildman–Crippen MR) is 121 cm³/mol. The number of nitrogens with one attached hydrogen (secondary N) is 1. The van der Waals surface area contributed by atoms with Crippen molar-refractivity contribution >= 4 is 23.8 Å². The molecule has 2 saturated heterocycles. The van der Waals surface area contributed by atoms with Crippen molar-refractivity contribution in [3.63, 3.8) is 0 Å². The fourth-order valence-corrected chi connectivity index (χ4v) is 5.08. The molecular weight excluding hydrogens is 438 g/mol. The van der Waals surface area contributed by atoms with Crippen molar-refractivity contribution in [1.82, 2.24) is 15.3 Å². The summed E-state index contributed by atoms with van der Waals surface area (Å²) in [4.78, 5) is 52.5. The summed E-state index contributed by atoms with van der Waals surface area (Å²) in [6.45, 7) is 3.55. The van der Waals surface area contributed by atoms with Gasteiger partial charge in [-0.15, -0.1) is 0 Å². The number of nitrogens with zero attached hydrogens (tertiary/aromatic N) is 2. The first-order valence-corrected chi connectivity index (χ1v) is 10.9. The average Bonchev–Trinajstić information content (AvgIpc) is 3.27. The predicted octanol–water partition coefficient (Wildman–Crippen LogP) is 1.71. The number of ether oxygens (including phenoxy) is 2. The highest BCUT2D eigenvalue weighted by atomic mass is 16.5. The van der Waals surface area contributed by atoms with Crippen molar-refractivity contribution in [1.29, 1.82) is 0 Å². The van der Waals surface area contributed by atoms with Crippen LogP contribution in [0.15, 0.2) is 60.7 Å². The highest BCUT2D eigenvalue weighted by Crippen LogP contribution is 2.50. The maximum Gasteiger partial charge on any atom is 0.331 e. The Kier molecular flexibility index (Phi) is 6.14. The summed E-state index contributed by atoms with van der Waals surface area (Å²) in [5.74, 6) is -3.28. The monoisotopic (exact) mass is 465 g/mol. The standard InChI is InChI=1S/C25H27N3O6/c1-25(2)17(23(31)33-3)20(24(32)34-4)27-22(30)18(26-21(29)16-13-9-6-10-14-16)19(28(25)27)15-11-7-5-8-12-15/h5-14,17-20H,1-4H3,(H,26,29)/t17-,18+,19+,20-/m0/s1. The topological polar surface area (TPSA) is 105 Å². The van der Waals surface area contributed by atoms with Crippen LogP contribution < -0.4 is 5.32 Å². The molecule has 0 unspecified atom stereocenters. The van der Waals surface area contributed by atoms with E-state index in [9.17, 15) is 19.2 Å². The number of methoxy groups -OCH3 is 2. The Morgan fingerprint density at radius 2 is 1.44 bits per heavy atom. The molecule has 2 aliphatic heterocycles. The minimum Gasteiger partial charge on any atom is -0.469 e. The van der Waals surface area contributed by atoms with Crippen molar-refractivity contribution in [2.24, 2.45) is 5.92 Å². The fourth-order valence-electron chi connectivity index (χ4n) is 5.08. The second-order valence-corrected chi connectivity index (χ2v) is 8.82. The lowest BCUT2D eigenvalue weighted by Crippen LogP contribution is -2.52. The highest BCUT2D eigenvalue weighted by Gasteiger charge is 2.68. The number of hydrogen-bond donors (Lipinski definition) is 1. The SMILES string of the molecule is COC(=O)[C@@H]1[C@@H](C(=O)OC)C(C)(C)N2[C@H](c3ccccc3)[C@@H](NC(=O)c3ccccc3)C(=O)N12. The van der Waals surface area contributed by atoms with Gasteiger partial charge in [-0.2, -0.15) is 0 Å². The van der Waals surface area contributed by atoms with Crippen LogP contribution >= 0.6 is 0 Å². The van der Waals surface area contributed by atoms with Crippen LogP contribution in [0.4, 0.5) is 0 Å². The van der Waals surface area contributed by atoms with E-state index < -0.39 is 53.3 Å². The van der Waals surface area contributed by atoms with Gasteiger partial charge in [0.1, 0.15) is 12.0 Å². The van der Waals surface area contributed by atoms with E-state index in [4.69, 9.17) is 9.47 Å². The normalized spacial score (nSPS) is 25.5. The lowest BCUT2D eigenvalue weighted by Gasteiger charge is -2.38. The molecule has 1 N–H and O–H groups in total. The fraction of sp³-hybridized carbons (Fsp3) is 0.360. The van der Waals surface area contributed by atoms with Crippen LogP contribution in [0.2, 0.25) is 0 Å². The molecule has 2 aromatic rings. The first-order chi connectivity index (χ1) is 16.2. The molecule has 9 nitrogen and oxygen atoms in total. The van der Waals surface area contributed by atoms with E-state index in [1.54, 1.807) is 49.2 Å². The van der Waals surface area contributed by atoms with E-state index >= 15 is 0 Å². The lowest BCUT2D eigenvalue weighted by atomic mass is 9.81. The summed E-state index contributed by atoms with van der Waals surface area (Å²) in [5, 5.41) is 5.83. The molecule has 0 saturated carbocycles. The van der Waals surface area contributed by atoms with Gasteiger partial charge in [0.05, 0.1) is 25.8 Å². The zero-order valence-corrected chi connectivity index (χ0v) is 19.4. The highest BCUT2D eigenvalue weighted by molar-refractivity contribution is 6.00. The molecule has 4 rings (SSSR count). The number of amides is 2. The van der Waals surface area contributed by atoms with E-state index in [1.165, 1.54) is 19.2 Å². The number of carbonyl (C=O) groups is 4. The van der Waals surface area contributed by atoms with Crippen molar-refractivity contribution in [2.45, 2.75) is 37.5 Å². The Balaban J connectivity index is 1.83. The van der Waals surface area contributed by atoms with E-state index in [-0.39, 0.29) is 0 Å². The zero-order valence-electron chi connectivity index (χ0n) is 19.4. The van der Waals surface area contributed by atoms with Gasteiger partial charge < -0.3 is 14.8 Å². The Bertz CT molecular complexity index is 1100. The quantitative estimate of drug-likeness (QED) is 0.670. The summed E-state index contributed by atoms with van der Waals surface area (Å²) < 4.78 is 9.99. The first kappa shape index (κ1) is 23.4. The third-order valence-corrected chi connectivity index (χ3v) is 6.60. The maximum absolute atomic E-state index is 13.8. The molecule has 2 heterocycles. The van der Waals surface area contributed by atoms with Crippen LogP contribution in [0.5, 0.6) is 0 Å². The van der Waals surface area contributed by atoms with Crippen LogP contribution in [-0.2, 0) is 23.9 Å². The van der Waals surface area contributed by atoms with Gasteiger partial charge in [0.15, 0.2) is 6.04 Å². The molecule has 0 aliphatic carbocycles. The second-order valence-electron chi connectivity index (χ2n) is 8.82. The van der Waals surface area contributed by atoms with Gasteiger partial charge in [0.25, 0.3) is 11.8 Å². The molecule has 2 amide bonds. The molecule has 4 atom stereocenters. The number of fused-ring (bicyclic) bond motifs is 1. The number of esters is 2. The molecule has 34 heavy (non-hydrogen) atoms. The van der Waals surface area contributed by atoms with Crippen LogP contribution in [0.1, 0.15) is 35.8 Å². The Hall–Kier alpha value is -3.72. The van der Waals surface area contributed by atoms with Crippen molar-refractivity contribution in [3.05, 3.63) is 71.8 Å². The lowest BCUT2D eigenvalue weighted by molar-refractivity contribution is -0.161. The average molecular weight is 466 g/mol. The number of hydrogen-bond acceptors (Lipinski definition) is 7. The second kappa shape index (κ2) is 8.90. The molecule has 2 aromatic carbocycles. The molecular formula is C25H27N3O6. The van der Waals surface area contributed by atoms with Crippen LogP contribution in [0.25, 0.3) is 0 Å². The van der Waals surface area contributed by atoms with Crippen LogP contribution in [0, 0.1) is 5.92 Å². The summed E-state index contributed by atoms with van der Waals surface area (Å²) in [6.07, 6.45) is 0. The summed E-state index contributed by atoms with van der Waals surface area (Å²) >= 11 is 0. The van der Waals surface area contributed by atoms with Gasteiger partial charge in [-0.3, -0.25) is 19.4 Å². The summed E-state index contributed by atoms with van der Waals surface area (Å²) in [5.41, 5.74) is 0.133. The van der Waals surface area contributed by atoms with Crippen LogP contribution in [0.3, 0.4) is 0 Å². The Labute approximate surface area is 197 Å². The van der Waals surface area contributed by atoms with Gasteiger partial charge in [0.2, 0.25) is 0 Å². The minimum absolute atomic E-state index is 0.403. The molecule has 178 valence electrons. The molecule has 9 heteroatoms. The first-order valence-electron chi connectivity index (χ1n) is 10.9.